The van der Waals surface area contributed by atoms with E-state index in [1.54, 1.807) is 0 Å². The highest BCUT2D eigenvalue weighted by molar-refractivity contribution is 7.90. The van der Waals surface area contributed by atoms with Gasteiger partial charge in [0.05, 0.1) is 23.2 Å². The fourth-order valence-corrected chi connectivity index (χ4v) is 5.01. The molecule has 3 aliphatic rings. The molecule has 34 heavy (non-hydrogen) atoms. The van der Waals surface area contributed by atoms with Gasteiger partial charge in [-0.25, -0.2) is 13.2 Å². The number of hydrogen-bond acceptors (Lipinski definition) is 6. The number of nitrogens with two attached hydrogens (primary N) is 1. The fraction of sp³-hybridized carbons (Fsp3) is 0.696. The Hall–Kier alpha value is -2.01. The summed E-state index contributed by atoms with van der Waals surface area (Å²) in [5.41, 5.74) is 9.93. The molecule has 0 saturated carbocycles. The molecule has 7 nitrogen and oxygen atoms in total. The van der Waals surface area contributed by atoms with Gasteiger partial charge in [0, 0.05) is 12.8 Å². The van der Waals surface area contributed by atoms with E-state index in [1.807, 2.05) is 0 Å². The first kappa shape index (κ1) is 28.2. The lowest BCUT2D eigenvalue weighted by atomic mass is 9.76. The summed E-state index contributed by atoms with van der Waals surface area (Å²) in [7, 11) is -3.03. The van der Waals surface area contributed by atoms with Crippen molar-refractivity contribution in [2.45, 2.75) is 58.2 Å². The van der Waals surface area contributed by atoms with E-state index in [0.717, 1.165) is 56.6 Å². The molecule has 1 atom stereocenters. The first-order valence-electron chi connectivity index (χ1n) is 11.4. The second-order valence-corrected chi connectivity index (χ2v) is 12.2. The molecule has 0 aromatic rings. The minimum absolute atomic E-state index is 0.165. The van der Waals surface area contributed by atoms with E-state index < -0.39 is 22.0 Å². The number of aliphatic carboxylic acids is 1. The van der Waals surface area contributed by atoms with Crippen LogP contribution in [0.3, 0.4) is 0 Å². The number of allylic oxidation sites excluding steroid dienone is 3. The van der Waals surface area contributed by atoms with Gasteiger partial charge < -0.3 is 21.1 Å². The average molecular weight is 508 g/mol. The van der Waals surface area contributed by atoms with Gasteiger partial charge in [0.25, 0.3) is 0 Å². The zero-order chi connectivity index (χ0) is 25.7. The van der Waals surface area contributed by atoms with Crippen LogP contribution < -0.4 is 11.1 Å². The van der Waals surface area contributed by atoms with Crippen LogP contribution in [0.4, 0.5) is 13.2 Å². The maximum atomic E-state index is 11.9. The summed E-state index contributed by atoms with van der Waals surface area (Å²) in [6.07, 6.45) is 8.24. The van der Waals surface area contributed by atoms with Gasteiger partial charge in [-0.15, -0.1) is 0 Å². The van der Waals surface area contributed by atoms with E-state index >= 15 is 0 Å². The number of alkyl halides is 3. The average Bonchev–Trinajstić information content (AvgIpc) is 2.72. The van der Waals surface area contributed by atoms with Crippen molar-refractivity contribution in [1.29, 1.82) is 0 Å². The SMILES string of the molecule is CC1(C)CC=C(C2=C(N)C=CC(C3CCNCC3)N2CCS(C)(=O)=O)CC1.O=C(O)C(F)(F)F. The van der Waals surface area contributed by atoms with Crippen LogP contribution in [0.2, 0.25) is 0 Å². The van der Waals surface area contributed by atoms with Crippen LogP contribution in [0.25, 0.3) is 0 Å². The van der Waals surface area contributed by atoms with Crippen molar-refractivity contribution in [2.24, 2.45) is 17.1 Å². The maximum absolute atomic E-state index is 11.9. The van der Waals surface area contributed by atoms with Gasteiger partial charge in [-0.05, 0) is 68.2 Å². The molecule has 0 bridgehead atoms. The van der Waals surface area contributed by atoms with Gasteiger partial charge in [0.15, 0.2) is 0 Å². The van der Waals surface area contributed by atoms with Crippen molar-refractivity contribution in [3.05, 3.63) is 35.2 Å². The number of piperidine rings is 1. The van der Waals surface area contributed by atoms with Crippen LogP contribution in [0.15, 0.2) is 35.2 Å². The molecule has 1 fully saturated rings. The highest BCUT2D eigenvalue weighted by Gasteiger charge is 2.38. The number of hydrogen-bond donors (Lipinski definition) is 3. The summed E-state index contributed by atoms with van der Waals surface area (Å²) < 4.78 is 55.5. The Balaban J connectivity index is 0.000000509. The highest BCUT2D eigenvalue weighted by atomic mass is 32.2. The molecule has 2 heterocycles. The lowest BCUT2D eigenvalue weighted by molar-refractivity contribution is -0.192. The topological polar surface area (TPSA) is 113 Å². The number of halogens is 3. The predicted molar refractivity (Wildman–Crippen MR) is 126 cm³/mol. The molecule has 4 N–H and O–H groups in total. The Morgan fingerprint density at radius 1 is 1.29 bits per heavy atom. The Morgan fingerprint density at radius 2 is 1.88 bits per heavy atom. The van der Waals surface area contributed by atoms with Crippen LogP contribution in [0.1, 0.15) is 46.0 Å². The third-order valence-corrected chi connectivity index (χ3v) is 7.41. The quantitative estimate of drug-likeness (QED) is 0.524. The van der Waals surface area contributed by atoms with Gasteiger partial charge >= 0.3 is 12.1 Å². The molecule has 0 aromatic carbocycles. The normalized spacial score (nSPS) is 23.8. The molecule has 11 heteroatoms. The van der Waals surface area contributed by atoms with Crippen molar-refractivity contribution in [3.8, 4) is 0 Å². The first-order chi connectivity index (χ1) is 15.6. The lowest BCUT2D eigenvalue weighted by Gasteiger charge is -2.44. The molecule has 0 amide bonds. The summed E-state index contributed by atoms with van der Waals surface area (Å²) in [5, 5.41) is 10.6. The molecule has 2 aliphatic heterocycles. The van der Waals surface area contributed by atoms with E-state index in [9.17, 15) is 21.6 Å². The van der Waals surface area contributed by atoms with Crippen LogP contribution >= 0.6 is 0 Å². The zero-order valence-electron chi connectivity index (χ0n) is 20.0. The third-order valence-electron chi connectivity index (χ3n) is 6.48. The van der Waals surface area contributed by atoms with E-state index in [4.69, 9.17) is 15.6 Å². The molecular formula is C23H36F3N3O4S. The van der Waals surface area contributed by atoms with Crippen molar-refractivity contribution in [1.82, 2.24) is 10.2 Å². The Bertz CT molecular complexity index is 934. The number of sulfone groups is 1. The molecule has 1 unspecified atom stereocenters. The largest absolute Gasteiger partial charge is 0.490 e. The van der Waals surface area contributed by atoms with Crippen molar-refractivity contribution in [2.75, 3.05) is 31.6 Å². The summed E-state index contributed by atoms with van der Waals surface area (Å²) in [6, 6.07) is 0.229. The lowest BCUT2D eigenvalue weighted by Crippen LogP contribution is -2.47. The molecule has 3 rings (SSSR count). The zero-order valence-corrected chi connectivity index (χ0v) is 20.8. The number of rotatable bonds is 5. The van der Waals surface area contributed by atoms with Gasteiger partial charge in [-0.1, -0.05) is 26.0 Å². The second kappa shape index (κ2) is 11.2. The Morgan fingerprint density at radius 3 is 2.35 bits per heavy atom. The molecule has 0 aromatic heterocycles. The van der Waals surface area contributed by atoms with E-state index in [-0.39, 0.29) is 11.8 Å². The van der Waals surface area contributed by atoms with Crippen molar-refractivity contribution in [3.63, 3.8) is 0 Å². The van der Waals surface area contributed by atoms with Gasteiger partial charge in [0.2, 0.25) is 0 Å². The summed E-state index contributed by atoms with van der Waals surface area (Å²) in [4.78, 5) is 11.2. The summed E-state index contributed by atoms with van der Waals surface area (Å²) >= 11 is 0. The third kappa shape index (κ3) is 8.33. The van der Waals surface area contributed by atoms with E-state index in [2.05, 4.69) is 42.3 Å². The molecule has 0 spiro atoms. The smallest absolute Gasteiger partial charge is 0.475 e. The fourth-order valence-electron chi connectivity index (χ4n) is 4.48. The maximum Gasteiger partial charge on any atom is 0.490 e. The number of carbonyl (C=O) groups is 1. The van der Waals surface area contributed by atoms with Crippen LogP contribution in [-0.4, -0.2) is 68.3 Å². The number of carboxylic acids is 1. The van der Waals surface area contributed by atoms with Crippen molar-refractivity contribution >= 4 is 15.8 Å². The van der Waals surface area contributed by atoms with Crippen LogP contribution in [0.5, 0.6) is 0 Å². The molecule has 194 valence electrons. The second-order valence-electron chi connectivity index (χ2n) is 9.96. The van der Waals surface area contributed by atoms with Gasteiger partial charge in [0.1, 0.15) is 9.84 Å². The minimum Gasteiger partial charge on any atom is -0.475 e. The first-order valence-corrected chi connectivity index (χ1v) is 13.5. The molecule has 1 aliphatic carbocycles. The van der Waals surface area contributed by atoms with E-state index in [1.165, 1.54) is 11.8 Å². The minimum atomic E-state index is -5.08. The Labute approximate surface area is 199 Å². The number of nitrogens with one attached hydrogen (secondary N) is 1. The summed E-state index contributed by atoms with van der Waals surface area (Å²) in [5.74, 6) is -2.06. The molecule has 1 saturated heterocycles. The molecule has 0 radical (unpaired) electrons. The molecular weight excluding hydrogens is 471 g/mol. The van der Waals surface area contributed by atoms with Gasteiger partial charge in [-0.3, -0.25) is 0 Å². The van der Waals surface area contributed by atoms with Gasteiger partial charge in [-0.2, -0.15) is 13.2 Å². The van der Waals surface area contributed by atoms with Crippen molar-refractivity contribution < 1.29 is 31.5 Å². The highest BCUT2D eigenvalue weighted by Crippen LogP contribution is 2.40. The Kier molecular flexibility index (Phi) is 9.26. The summed E-state index contributed by atoms with van der Waals surface area (Å²) in [6.45, 7) is 7.17. The monoisotopic (exact) mass is 507 g/mol. The number of nitrogens with zero attached hydrogens (tertiary/aromatic N) is 1. The number of carboxylic acid groups (broad SMARTS) is 1. The van der Waals surface area contributed by atoms with Crippen LogP contribution in [0, 0.1) is 11.3 Å². The standard InChI is InChI=1S/C21H35N3O2S.C2HF3O2/c1-21(2)10-6-17(7-11-21)20-18(22)4-5-19(16-8-12-23-13-9-16)24(20)14-15-27(3,25)26;3-2(4,5)1(6)7/h4-6,16,19,23H,7-15,22H2,1-3H3;(H,6,7). The predicted octanol–water partition coefficient (Wildman–Crippen LogP) is 3.21. The van der Waals surface area contributed by atoms with E-state index in [0.29, 0.717) is 17.9 Å². The van der Waals surface area contributed by atoms with Crippen LogP contribution in [-0.2, 0) is 14.6 Å².